The number of pyridine rings is 2. The predicted octanol–water partition coefficient (Wildman–Crippen LogP) is 5.56. The number of benzene rings is 2. The van der Waals surface area contributed by atoms with E-state index >= 15 is 0 Å². The summed E-state index contributed by atoms with van der Waals surface area (Å²) >= 11 is -4.01. The van der Waals surface area contributed by atoms with Gasteiger partial charge in [-0.15, -0.1) is 0 Å². The molecule has 0 saturated heterocycles. The van der Waals surface area contributed by atoms with E-state index in [1.54, 1.807) is 0 Å². The van der Waals surface area contributed by atoms with Gasteiger partial charge in [0.2, 0.25) is 0 Å². The Morgan fingerprint density at radius 2 is 1.21 bits per heavy atom. The Kier molecular flexibility index (Phi) is 6.70. The Labute approximate surface area is 177 Å². The summed E-state index contributed by atoms with van der Waals surface area (Å²) in [5.74, 6) is 0. The third-order valence-electron chi connectivity index (χ3n) is 4.78. The Morgan fingerprint density at radius 3 is 1.86 bits per heavy atom. The van der Waals surface area contributed by atoms with Gasteiger partial charge in [0.1, 0.15) is 0 Å². The average molecular weight is 584 g/mol. The zero-order chi connectivity index (χ0) is 20.4. The molecule has 2 nitrogen and oxygen atoms in total. The van der Waals surface area contributed by atoms with Gasteiger partial charge in [-0.3, -0.25) is 0 Å². The summed E-state index contributed by atoms with van der Waals surface area (Å²) in [6.07, 6.45) is 3.95. The van der Waals surface area contributed by atoms with Crippen LogP contribution in [0.1, 0.15) is 0 Å². The van der Waals surface area contributed by atoms with Crippen LogP contribution in [0.25, 0.3) is 21.5 Å². The number of fused-ring (bicyclic) bond motifs is 2. The van der Waals surface area contributed by atoms with Crippen molar-refractivity contribution in [3.05, 3.63) is 73.1 Å². The first-order valence-corrected chi connectivity index (χ1v) is 29.8. The monoisotopic (exact) mass is 586 g/mol. The second-order valence-corrected chi connectivity index (χ2v) is 37.8. The summed E-state index contributed by atoms with van der Waals surface area (Å²) in [7, 11) is 0. The first-order chi connectivity index (χ1) is 13.2. The van der Waals surface area contributed by atoms with Gasteiger partial charge in [0.05, 0.1) is 0 Å². The fourth-order valence-electron chi connectivity index (χ4n) is 3.21. The molecule has 28 heavy (non-hydrogen) atoms. The quantitative estimate of drug-likeness (QED) is 0.289. The van der Waals surface area contributed by atoms with E-state index in [0.717, 1.165) is 0 Å². The van der Waals surface area contributed by atoms with Gasteiger partial charge in [0.15, 0.2) is 0 Å². The molecule has 0 aliphatic heterocycles. The second-order valence-electron chi connectivity index (χ2n) is 9.30. The minimum atomic E-state index is -2.04. The van der Waals surface area contributed by atoms with Gasteiger partial charge in [-0.05, 0) is 0 Å². The van der Waals surface area contributed by atoms with Crippen molar-refractivity contribution in [2.75, 3.05) is 0 Å². The fraction of sp³-hybridized carbons (Fsp3) is 0.250. The van der Waals surface area contributed by atoms with Gasteiger partial charge in [-0.25, -0.2) is 0 Å². The number of hydrogen-bond acceptors (Lipinski definition) is 2. The van der Waals surface area contributed by atoms with Crippen molar-refractivity contribution in [3.8, 4) is 0 Å². The van der Waals surface area contributed by atoms with Crippen molar-refractivity contribution in [1.29, 1.82) is 0 Å². The summed E-state index contributed by atoms with van der Waals surface area (Å²) in [4.78, 5) is 23.5. The number of nitrogens with zero attached hydrogens (tertiary/aromatic N) is 2. The van der Waals surface area contributed by atoms with E-state index in [4.69, 9.17) is 0 Å². The molecule has 0 aliphatic carbocycles. The van der Waals surface area contributed by atoms with Crippen LogP contribution in [-0.2, 0) is 0 Å². The molecule has 0 spiro atoms. The van der Waals surface area contributed by atoms with Crippen LogP contribution in [0.5, 0.6) is 0 Å². The summed E-state index contributed by atoms with van der Waals surface area (Å²) in [5.41, 5.74) is 0. The van der Waals surface area contributed by atoms with Crippen LogP contribution in [0.2, 0.25) is 29.6 Å². The number of rotatable bonds is 2. The van der Waals surface area contributed by atoms with Crippen molar-refractivity contribution in [1.82, 2.24) is 9.97 Å². The van der Waals surface area contributed by atoms with E-state index in [1.165, 1.54) is 29.0 Å². The molecule has 0 aliphatic rings. The van der Waals surface area contributed by atoms with E-state index in [2.05, 4.69) is 100 Å². The van der Waals surface area contributed by atoms with E-state index < -0.39 is 36.8 Å². The molecule has 0 amide bonds. The molecular formula is C24H30N2Sn2. The van der Waals surface area contributed by atoms with E-state index in [1.807, 2.05) is 12.4 Å². The molecule has 4 heteroatoms. The van der Waals surface area contributed by atoms with E-state index in [0.29, 0.717) is 0 Å². The molecule has 2 heterocycles. The van der Waals surface area contributed by atoms with Gasteiger partial charge >= 0.3 is 178 Å². The summed E-state index contributed by atoms with van der Waals surface area (Å²) < 4.78 is 2.75. The second kappa shape index (κ2) is 8.70. The third-order valence-corrected chi connectivity index (χ3v) is 15.1. The van der Waals surface area contributed by atoms with Crippen molar-refractivity contribution >= 4 is 65.7 Å². The van der Waals surface area contributed by atoms with Gasteiger partial charge in [-0.2, -0.15) is 0 Å². The summed E-state index contributed by atoms with van der Waals surface area (Å²) in [5, 5.41) is 5.25. The molecule has 2 aromatic heterocycles. The molecule has 4 rings (SSSR count). The number of aromatic nitrogens is 2. The van der Waals surface area contributed by atoms with Gasteiger partial charge in [0, 0.05) is 0 Å². The SMILES string of the molecule is [CH3][Sn]([CH3])([CH3])[c]1cc2ccccc2cn1.[CH3][Sn]([CH3])([CH3])[c]1nccc2ccccc12. The molecular weight excluding hydrogens is 554 g/mol. The van der Waals surface area contributed by atoms with Gasteiger partial charge in [0.25, 0.3) is 0 Å². The fourth-order valence-corrected chi connectivity index (χ4v) is 10.5. The molecule has 0 bridgehead atoms. The third kappa shape index (κ3) is 5.26. The Balaban J connectivity index is 0.000000161. The Hall–Kier alpha value is -1.14. The molecule has 0 radical (unpaired) electrons. The normalized spacial score (nSPS) is 11.9. The molecule has 0 atom stereocenters. The zero-order valence-electron chi connectivity index (χ0n) is 17.8. The van der Waals surface area contributed by atoms with Crippen LogP contribution < -0.4 is 7.42 Å². The summed E-state index contributed by atoms with van der Waals surface area (Å²) in [6, 6.07) is 21.3. The standard InChI is InChI=1S/2C9H6N.6CH3.2Sn/c2*1-2-4-9-7-10-6-5-8(9)3-1;;;;;;;;/h1-5,7H;1-6H;6*1H3;;. The van der Waals surface area contributed by atoms with Crippen LogP contribution in [0.15, 0.2) is 73.1 Å². The zero-order valence-corrected chi connectivity index (χ0v) is 23.5. The molecule has 144 valence electrons. The van der Waals surface area contributed by atoms with E-state index in [-0.39, 0.29) is 0 Å². The topological polar surface area (TPSA) is 25.8 Å². The van der Waals surface area contributed by atoms with Crippen LogP contribution >= 0.6 is 0 Å². The molecule has 0 saturated carbocycles. The minimum absolute atomic E-state index is 1.24. The molecule has 4 aromatic rings. The van der Waals surface area contributed by atoms with Crippen LogP contribution in [-0.4, -0.2) is 46.7 Å². The van der Waals surface area contributed by atoms with Gasteiger partial charge in [-0.1, -0.05) is 0 Å². The first kappa shape index (κ1) is 21.6. The van der Waals surface area contributed by atoms with E-state index in [9.17, 15) is 0 Å². The molecule has 0 N–H and O–H groups in total. The van der Waals surface area contributed by atoms with Crippen LogP contribution in [0.4, 0.5) is 0 Å². The van der Waals surface area contributed by atoms with Crippen LogP contribution in [0, 0.1) is 0 Å². The molecule has 2 aromatic carbocycles. The van der Waals surface area contributed by atoms with Crippen molar-refractivity contribution in [2.45, 2.75) is 29.6 Å². The van der Waals surface area contributed by atoms with Crippen molar-refractivity contribution in [2.24, 2.45) is 0 Å². The summed E-state index contributed by atoms with van der Waals surface area (Å²) in [6.45, 7) is 0. The Morgan fingerprint density at radius 1 is 0.607 bits per heavy atom. The Bertz CT molecular complexity index is 1080. The maximum absolute atomic E-state index is 4.57. The average Bonchev–Trinajstić information content (AvgIpc) is 2.66. The predicted molar refractivity (Wildman–Crippen MR) is 129 cm³/mol. The van der Waals surface area contributed by atoms with Gasteiger partial charge < -0.3 is 0 Å². The van der Waals surface area contributed by atoms with Crippen molar-refractivity contribution in [3.63, 3.8) is 0 Å². The molecule has 0 fully saturated rings. The van der Waals surface area contributed by atoms with Crippen LogP contribution in [0.3, 0.4) is 0 Å². The van der Waals surface area contributed by atoms with Crippen molar-refractivity contribution < 1.29 is 0 Å². The first-order valence-electron chi connectivity index (χ1n) is 9.86. The maximum atomic E-state index is 4.57. The number of hydrogen-bond donors (Lipinski definition) is 0. The molecule has 0 unspecified atom stereocenters.